The van der Waals surface area contributed by atoms with E-state index in [1.165, 1.54) is 5.56 Å². The summed E-state index contributed by atoms with van der Waals surface area (Å²) >= 11 is 0. The molecule has 0 aliphatic heterocycles. The van der Waals surface area contributed by atoms with Crippen LogP contribution in [0.4, 0.5) is 0 Å². The number of aromatic nitrogens is 1. The van der Waals surface area contributed by atoms with E-state index in [4.69, 9.17) is 0 Å². The number of rotatable bonds is 4. The number of aldehydes is 1. The van der Waals surface area contributed by atoms with Crippen LogP contribution >= 0.6 is 0 Å². The molecule has 0 saturated heterocycles. The number of nitrogens with zero attached hydrogens (tertiary/aromatic N) is 1. The molecule has 0 unspecified atom stereocenters. The maximum Gasteiger partial charge on any atom is 0.261 e. The van der Waals surface area contributed by atoms with Gasteiger partial charge in [-0.05, 0) is 42.5 Å². The highest BCUT2D eigenvalue weighted by Crippen LogP contribution is 2.32. The second-order valence-electron chi connectivity index (χ2n) is 5.96. The van der Waals surface area contributed by atoms with E-state index >= 15 is 0 Å². The molecule has 0 radical (unpaired) electrons. The minimum atomic E-state index is -0.154. The summed E-state index contributed by atoms with van der Waals surface area (Å²) in [6.07, 6.45) is 6.00. The maximum atomic E-state index is 12.6. The first kappa shape index (κ1) is 14.8. The smallest absolute Gasteiger partial charge is 0.261 e. The Hall–Kier alpha value is -2.16. The Morgan fingerprint density at radius 1 is 1.09 bits per heavy atom. The zero-order chi connectivity index (χ0) is 15.5. The summed E-state index contributed by atoms with van der Waals surface area (Å²) in [5.74, 6) is 0. The van der Waals surface area contributed by atoms with Gasteiger partial charge in [0.1, 0.15) is 0 Å². The van der Waals surface area contributed by atoms with Gasteiger partial charge in [-0.25, -0.2) is 0 Å². The predicted molar refractivity (Wildman–Crippen MR) is 88.4 cm³/mol. The number of hydrogen-bond donors (Lipinski definition) is 0. The van der Waals surface area contributed by atoms with Crippen molar-refractivity contribution in [3.63, 3.8) is 0 Å². The Morgan fingerprint density at radius 2 is 1.77 bits per heavy atom. The van der Waals surface area contributed by atoms with E-state index in [0.717, 1.165) is 43.4 Å². The minimum absolute atomic E-state index is 0.154. The largest absolute Gasteiger partial charge is 0.305 e. The lowest BCUT2D eigenvalue weighted by atomic mass is 10.0. The number of hydrogen-bond acceptors (Lipinski definition) is 2. The zero-order valence-corrected chi connectivity index (χ0v) is 12.9. The normalized spacial score (nSPS) is 15.1. The molecule has 114 valence electrons. The Balaban J connectivity index is 2.15. The van der Waals surface area contributed by atoms with Gasteiger partial charge < -0.3 is 4.57 Å². The lowest BCUT2D eigenvalue weighted by Crippen LogP contribution is -2.27. The molecule has 1 aromatic heterocycles. The van der Waals surface area contributed by atoms with Crippen molar-refractivity contribution in [1.82, 2.24) is 4.57 Å². The third-order valence-electron chi connectivity index (χ3n) is 4.62. The molecular formula is C19H21NO2. The van der Waals surface area contributed by atoms with Crippen molar-refractivity contribution in [3.8, 4) is 11.3 Å². The van der Waals surface area contributed by atoms with Gasteiger partial charge in [-0.2, -0.15) is 0 Å². The average molecular weight is 295 g/mol. The molecular weight excluding hydrogens is 274 g/mol. The highest BCUT2D eigenvalue weighted by molar-refractivity contribution is 5.75. The van der Waals surface area contributed by atoms with Crippen molar-refractivity contribution in [2.75, 3.05) is 0 Å². The number of pyridine rings is 1. The van der Waals surface area contributed by atoms with Crippen LogP contribution in [-0.2, 0) is 6.42 Å². The minimum Gasteiger partial charge on any atom is -0.305 e. The first-order valence-electron chi connectivity index (χ1n) is 8.04. The highest BCUT2D eigenvalue weighted by Gasteiger charge is 2.22. The third kappa shape index (κ3) is 2.63. The van der Waals surface area contributed by atoms with Crippen LogP contribution in [0.1, 0.15) is 54.6 Å². The van der Waals surface area contributed by atoms with Crippen LogP contribution in [0.3, 0.4) is 0 Å². The van der Waals surface area contributed by atoms with E-state index in [0.29, 0.717) is 6.29 Å². The summed E-state index contributed by atoms with van der Waals surface area (Å²) in [5.41, 5.74) is 3.34. The molecule has 3 heteroatoms. The maximum absolute atomic E-state index is 12.6. The second-order valence-corrected chi connectivity index (χ2v) is 5.96. The SMILES string of the molecule is CCc1ccc(-c2ccc(C=O)c(=O)n2C2CCCC2)cc1. The first-order valence-corrected chi connectivity index (χ1v) is 8.04. The van der Waals surface area contributed by atoms with Gasteiger partial charge in [0.2, 0.25) is 0 Å². The monoisotopic (exact) mass is 295 g/mol. The van der Waals surface area contributed by atoms with Gasteiger partial charge in [-0.15, -0.1) is 0 Å². The molecule has 22 heavy (non-hydrogen) atoms. The topological polar surface area (TPSA) is 39.1 Å². The highest BCUT2D eigenvalue weighted by atomic mass is 16.1. The fraction of sp³-hybridized carbons (Fsp3) is 0.368. The van der Waals surface area contributed by atoms with Crippen LogP contribution in [-0.4, -0.2) is 10.9 Å². The molecule has 3 rings (SSSR count). The van der Waals surface area contributed by atoms with Gasteiger partial charge in [0.05, 0.1) is 11.3 Å². The van der Waals surface area contributed by atoms with Gasteiger partial charge in [0.25, 0.3) is 5.56 Å². The van der Waals surface area contributed by atoms with E-state index in [9.17, 15) is 9.59 Å². The molecule has 2 aromatic rings. The van der Waals surface area contributed by atoms with Gasteiger partial charge in [0.15, 0.2) is 6.29 Å². The van der Waals surface area contributed by atoms with Crippen molar-refractivity contribution < 1.29 is 4.79 Å². The summed E-state index contributed by atoms with van der Waals surface area (Å²) in [4.78, 5) is 23.7. The van der Waals surface area contributed by atoms with Crippen molar-refractivity contribution in [2.45, 2.75) is 45.1 Å². The van der Waals surface area contributed by atoms with E-state index in [-0.39, 0.29) is 17.2 Å². The van der Waals surface area contributed by atoms with Crippen LogP contribution < -0.4 is 5.56 Å². The Labute approximate surface area is 130 Å². The second kappa shape index (κ2) is 6.30. The molecule has 0 amide bonds. The van der Waals surface area contributed by atoms with E-state index < -0.39 is 0 Å². The van der Waals surface area contributed by atoms with Crippen LogP contribution in [0.5, 0.6) is 0 Å². The molecule has 1 saturated carbocycles. The number of aryl methyl sites for hydroxylation is 1. The fourth-order valence-corrected chi connectivity index (χ4v) is 3.33. The van der Waals surface area contributed by atoms with Crippen molar-refractivity contribution in [1.29, 1.82) is 0 Å². The van der Waals surface area contributed by atoms with Crippen molar-refractivity contribution in [2.24, 2.45) is 0 Å². The Kier molecular flexibility index (Phi) is 4.23. The Morgan fingerprint density at radius 3 is 2.36 bits per heavy atom. The molecule has 1 aliphatic rings. The fourth-order valence-electron chi connectivity index (χ4n) is 3.33. The van der Waals surface area contributed by atoms with Gasteiger partial charge in [-0.1, -0.05) is 44.0 Å². The third-order valence-corrected chi connectivity index (χ3v) is 4.62. The molecule has 0 N–H and O–H groups in total. The lowest BCUT2D eigenvalue weighted by molar-refractivity contribution is 0.112. The van der Waals surface area contributed by atoms with E-state index in [1.807, 2.05) is 10.6 Å². The first-order chi connectivity index (χ1) is 10.7. The molecule has 0 spiro atoms. The lowest BCUT2D eigenvalue weighted by Gasteiger charge is -2.19. The van der Waals surface area contributed by atoms with Gasteiger partial charge in [0, 0.05) is 6.04 Å². The number of benzene rings is 1. The Bertz CT molecular complexity index is 722. The van der Waals surface area contributed by atoms with Crippen LogP contribution in [0, 0.1) is 0 Å². The number of carbonyl (C=O) groups excluding carboxylic acids is 1. The summed E-state index contributed by atoms with van der Waals surface area (Å²) in [5, 5.41) is 0. The van der Waals surface area contributed by atoms with Crippen molar-refractivity contribution in [3.05, 3.63) is 57.9 Å². The van der Waals surface area contributed by atoms with E-state index in [2.05, 4.69) is 31.2 Å². The molecule has 0 atom stereocenters. The molecule has 1 heterocycles. The number of carbonyl (C=O) groups is 1. The summed E-state index contributed by atoms with van der Waals surface area (Å²) in [7, 11) is 0. The summed E-state index contributed by atoms with van der Waals surface area (Å²) in [6, 6.07) is 12.1. The van der Waals surface area contributed by atoms with Crippen LogP contribution in [0.15, 0.2) is 41.2 Å². The molecule has 1 fully saturated rings. The molecule has 1 aromatic carbocycles. The zero-order valence-electron chi connectivity index (χ0n) is 12.9. The molecule has 0 bridgehead atoms. The molecule has 1 aliphatic carbocycles. The molecule has 3 nitrogen and oxygen atoms in total. The van der Waals surface area contributed by atoms with E-state index in [1.54, 1.807) is 6.07 Å². The standard InChI is InChI=1S/C19H21NO2/c1-2-14-7-9-15(10-8-14)18-12-11-16(13-21)19(22)20(18)17-5-3-4-6-17/h7-13,17H,2-6H2,1H3. The van der Waals surface area contributed by atoms with Gasteiger partial charge >= 0.3 is 0 Å². The summed E-state index contributed by atoms with van der Waals surface area (Å²) < 4.78 is 1.84. The van der Waals surface area contributed by atoms with Crippen molar-refractivity contribution >= 4 is 6.29 Å². The predicted octanol–water partition coefficient (Wildman–Crippen LogP) is 4.01. The summed E-state index contributed by atoms with van der Waals surface area (Å²) in [6.45, 7) is 2.13. The van der Waals surface area contributed by atoms with Gasteiger partial charge in [-0.3, -0.25) is 9.59 Å². The quantitative estimate of drug-likeness (QED) is 0.800. The average Bonchev–Trinajstić information content (AvgIpc) is 3.08. The van der Waals surface area contributed by atoms with Crippen LogP contribution in [0.2, 0.25) is 0 Å². The van der Waals surface area contributed by atoms with Crippen LogP contribution in [0.25, 0.3) is 11.3 Å².